The van der Waals surface area contributed by atoms with E-state index in [9.17, 15) is 0 Å². The lowest BCUT2D eigenvalue weighted by Crippen LogP contribution is -1.98. The van der Waals surface area contributed by atoms with Gasteiger partial charge < -0.3 is 13.7 Å². The zero-order valence-electron chi connectivity index (χ0n) is 74.2. The third-order valence-electron chi connectivity index (χ3n) is 27.0. The molecular formula is C126H77N9S3. The van der Waals surface area contributed by atoms with Crippen LogP contribution in [0.25, 0.3) is 266 Å². The van der Waals surface area contributed by atoms with Crippen molar-refractivity contribution in [3.05, 3.63) is 467 Å². The Labute approximate surface area is 804 Å². The molecule has 9 nitrogen and oxygen atoms in total. The molecule has 0 aliphatic carbocycles. The van der Waals surface area contributed by atoms with Gasteiger partial charge in [0.05, 0.1) is 80.8 Å². The lowest BCUT2D eigenvalue weighted by atomic mass is 9.97. The fraction of sp³-hybridized carbons (Fsp3) is 0. The molecule has 0 aliphatic heterocycles. The van der Waals surface area contributed by atoms with Gasteiger partial charge in [-0.15, -0.1) is 34.0 Å². The van der Waals surface area contributed by atoms with Crippen LogP contribution in [0.4, 0.5) is 0 Å². The molecule has 644 valence electrons. The number of fused-ring (bicyclic) bond motifs is 24. The standard InChI is InChI=1S/2C44H27N3S.C38H23N3S/c1-3-13-28(14-4-1)41-36-26-25-34-33-19-8-10-24-39(33)48-43(34)42(36)46-44(45-41)30-16-11-15-29(27-30)32-21-12-23-38-40(32)35-20-7-9-22-37(35)47(38)31-17-5-2-6-18-31;1-3-12-28(13-4-1)41-36-24-23-35-34-19-8-10-21-40(34)48-43(35)42(36)46-44(45-41)31-15-11-14-29(26-31)30-22-25-39-37(27-30)33-18-7-9-20-38(33)47(39)32-16-5-2-6-17-32;1-2-11-24(12-3-1)35-31-22-21-30-29-17-6-9-20-34(29)42-37(30)36(31)40-38(39-35)25-13-10-14-26(23-25)41-32-18-7-4-15-27(32)28-16-5-8-19-33(28)41/h2*1-27H;1-23H. The quantitative estimate of drug-likeness (QED) is 0.128. The smallest absolute Gasteiger partial charge is 0.160 e. The van der Waals surface area contributed by atoms with Crippen LogP contribution in [0, 0.1) is 0 Å². The zero-order valence-corrected chi connectivity index (χ0v) is 76.7. The van der Waals surface area contributed by atoms with Gasteiger partial charge in [-0.05, 0) is 150 Å². The summed E-state index contributed by atoms with van der Waals surface area (Å²) in [6, 6.07) is 166. The van der Waals surface area contributed by atoms with Crippen molar-refractivity contribution in [1.82, 2.24) is 43.6 Å². The summed E-state index contributed by atoms with van der Waals surface area (Å²) in [6.07, 6.45) is 0. The average molecular weight is 1810 g/mol. The summed E-state index contributed by atoms with van der Waals surface area (Å²) < 4.78 is 14.5. The molecule has 0 saturated carbocycles. The number of rotatable bonds is 11. The maximum atomic E-state index is 5.34. The fourth-order valence-electron chi connectivity index (χ4n) is 20.7. The molecule has 0 saturated heterocycles. The van der Waals surface area contributed by atoms with Gasteiger partial charge in [-0.2, -0.15) is 0 Å². The van der Waals surface area contributed by atoms with Crippen LogP contribution in [-0.4, -0.2) is 43.6 Å². The Morgan fingerprint density at radius 2 is 0.449 bits per heavy atom. The predicted octanol–water partition coefficient (Wildman–Crippen LogP) is 34.6. The highest BCUT2D eigenvalue weighted by atomic mass is 32.1. The van der Waals surface area contributed by atoms with Gasteiger partial charge in [0.1, 0.15) is 0 Å². The highest BCUT2D eigenvalue weighted by molar-refractivity contribution is 7.27. The second-order valence-corrected chi connectivity index (χ2v) is 38.1. The first-order valence-electron chi connectivity index (χ1n) is 46.4. The van der Waals surface area contributed by atoms with E-state index >= 15 is 0 Å². The van der Waals surface area contributed by atoms with Gasteiger partial charge in [-0.25, -0.2) is 29.9 Å². The molecule has 9 aromatic heterocycles. The van der Waals surface area contributed by atoms with Crippen LogP contribution in [-0.2, 0) is 0 Å². The summed E-state index contributed by atoms with van der Waals surface area (Å²) in [4.78, 5) is 31.7. The van der Waals surface area contributed by atoms with E-state index in [-0.39, 0.29) is 0 Å². The highest BCUT2D eigenvalue weighted by Gasteiger charge is 2.25. The van der Waals surface area contributed by atoms with Crippen molar-refractivity contribution in [2.24, 2.45) is 0 Å². The number of hydrogen-bond donors (Lipinski definition) is 0. The van der Waals surface area contributed by atoms with Gasteiger partial charge in [0, 0.05) is 145 Å². The van der Waals surface area contributed by atoms with Gasteiger partial charge in [0.15, 0.2) is 17.5 Å². The van der Waals surface area contributed by atoms with Gasteiger partial charge in [-0.3, -0.25) is 0 Å². The number of benzene rings is 20. The molecule has 0 aliphatic rings. The van der Waals surface area contributed by atoms with Crippen molar-refractivity contribution in [2.45, 2.75) is 0 Å². The molecule has 138 heavy (non-hydrogen) atoms. The largest absolute Gasteiger partial charge is 0.309 e. The lowest BCUT2D eigenvalue weighted by molar-refractivity contribution is 1.17. The number of hydrogen-bond acceptors (Lipinski definition) is 9. The van der Waals surface area contributed by atoms with Gasteiger partial charge >= 0.3 is 0 Å². The minimum Gasteiger partial charge on any atom is -0.309 e. The first-order chi connectivity index (χ1) is 68.4. The molecule has 29 aromatic rings. The minimum atomic E-state index is 0.729. The summed E-state index contributed by atoms with van der Waals surface area (Å²) in [5, 5.41) is 18.2. The van der Waals surface area contributed by atoms with Gasteiger partial charge in [0.25, 0.3) is 0 Å². The van der Waals surface area contributed by atoms with E-state index in [0.29, 0.717) is 0 Å². The van der Waals surface area contributed by atoms with Crippen LogP contribution in [0.1, 0.15) is 0 Å². The second kappa shape index (κ2) is 33.3. The molecule has 0 amide bonds. The van der Waals surface area contributed by atoms with Gasteiger partial charge in [0.2, 0.25) is 0 Å². The molecule has 0 atom stereocenters. The number of thiophene rings is 3. The normalized spacial score (nSPS) is 11.8. The second-order valence-electron chi connectivity index (χ2n) is 35.0. The first-order valence-corrected chi connectivity index (χ1v) is 48.9. The lowest BCUT2D eigenvalue weighted by Gasteiger charge is -2.12. The van der Waals surface area contributed by atoms with E-state index in [0.717, 1.165) is 134 Å². The Morgan fingerprint density at radius 3 is 0.899 bits per heavy atom. The molecule has 29 rings (SSSR count). The van der Waals surface area contributed by atoms with Crippen LogP contribution in [0.5, 0.6) is 0 Å². The molecule has 9 heterocycles. The number of aromatic nitrogens is 9. The molecule has 0 N–H and O–H groups in total. The van der Waals surface area contributed by atoms with E-state index in [2.05, 4.69) is 475 Å². The van der Waals surface area contributed by atoms with Crippen LogP contribution < -0.4 is 0 Å². The number of para-hydroxylation sites is 6. The molecule has 0 unspecified atom stereocenters. The highest BCUT2D eigenvalue weighted by Crippen LogP contribution is 2.48. The summed E-state index contributed by atoms with van der Waals surface area (Å²) in [5.74, 6) is 2.19. The summed E-state index contributed by atoms with van der Waals surface area (Å²) >= 11 is 5.43. The fourth-order valence-corrected chi connectivity index (χ4v) is 24.3. The molecule has 0 spiro atoms. The third kappa shape index (κ3) is 13.5. The van der Waals surface area contributed by atoms with Crippen molar-refractivity contribution in [3.8, 4) is 107 Å². The topological polar surface area (TPSA) is 92.1 Å². The summed E-state index contributed by atoms with van der Waals surface area (Å²) in [6.45, 7) is 0. The molecule has 20 aromatic carbocycles. The van der Waals surface area contributed by atoms with Crippen LogP contribution in [0.3, 0.4) is 0 Å². The Morgan fingerprint density at radius 1 is 0.159 bits per heavy atom. The maximum absolute atomic E-state index is 5.34. The Hall–Kier alpha value is -17.5. The zero-order chi connectivity index (χ0) is 90.8. The van der Waals surface area contributed by atoms with Crippen LogP contribution >= 0.6 is 34.0 Å². The van der Waals surface area contributed by atoms with E-state index < -0.39 is 0 Å². The van der Waals surface area contributed by atoms with E-state index in [1.54, 1.807) is 0 Å². The van der Waals surface area contributed by atoms with E-state index in [4.69, 9.17) is 29.9 Å². The van der Waals surface area contributed by atoms with Crippen molar-refractivity contribution in [2.75, 3.05) is 0 Å². The van der Waals surface area contributed by atoms with Gasteiger partial charge in [-0.1, -0.05) is 340 Å². The molecule has 0 fully saturated rings. The van der Waals surface area contributed by atoms with E-state index in [1.165, 1.54) is 131 Å². The van der Waals surface area contributed by atoms with Crippen molar-refractivity contribution < 1.29 is 0 Å². The van der Waals surface area contributed by atoms with E-state index in [1.807, 2.05) is 40.1 Å². The monoisotopic (exact) mass is 1810 g/mol. The Bertz CT molecular complexity index is 9880. The molecular weight excluding hydrogens is 1740 g/mol. The molecule has 12 heteroatoms. The van der Waals surface area contributed by atoms with Crippen molar-refractivity contribution in [3.63, 3.8) is 0 Å². The van der Waals surface area contributed by atoms with Crippen LogP contribution in [0.15, 0.2) is 467 Å². The summed E-state index contributed by atoms with van der Waals surface area (Å²) in [7, 11) is 0. The summed E-state index contributed by atoms with van der Waals surface area (Å²) in [5.41, 5.74) is 27.3. The van der Waals surface area contributed by atoms with Crippen molar-refractivity contribution >= 4 is 193 Å². The van der Waals surface area contributed by atoms with Crippen molar-refractivity contribution in [1.29, 1.82) is 0 Å². The number of nitrogens with zero attached hydrogens (tertiary/aromatic N) is 9. The average Bonchev–Trinajstić information content (AvgIpc) is 1.56. The molecule has 0 bridgehead atoms. The SMILES string of the molecule is c1ccc(-c2nc(-c3cccc(-c4ccc5c(c4)c4ccccc4n5-c4ccccc4)c3)nc3c2ccc2c4ccccc4sc23)cc1.c1ccc(-c2nc(-c3cccc(-c4cccc5c4c4ccccc4n5-c4ccccc4)c3)nc3c2ccc2c4ccccc4sc23)cc1.c1ccc(-c2nc(-c3cccc(-n4c5ccccc5c5ccccc54)c3)nc3c2ccc2c4ccccc4sc23)cc1. The first kappa shape index (κ1) is 80.2. The maximum Gasteiger partial charge on any atom is 0.160 e. The Balaban J connectivity index is 0.000000105. The van der Waals surface area contributed by atoms with Crippen LogP contribution in [0.2, 0.25) is 0 Å². The predicted molar refractivity (Wildman–Crippen MR) is 584 cm³/mol. The molecule has 0 radical (unpaired) electrons. The third-order valence-corrected chi connectivity index (χ3v) is 30.6. The Kier molecular flexibility index (Phi) is 19.3. The minimum absolute atomic E-state index is 0.729.